The zero-order valence-electron chi connectivity index (χ0n) is 8.37. The topological polar surface area (TPSA) is 30.0 Å². The molecule has 0 unspecified atom stereocenters. The Balaban J connectivity index is 2.69. The van der Waals surface area contributed by atoms with Crippen molar-refractivity contribution in [2.24, 2.45) is 5.92 Å². The predicted octanol–water partition coefficient (Wildman–Crippen LogP) is 2.16. The Labute approximate surface area is 79.0 Å². The Morgan fingerprint density at radius 2 is 2.15 bits per heavy atom. The Morgan fingerprint density at radius 1 is 1.46 bits per heavy atom. The van der Waals surface area contributed by atoms with E-state index in [0.29, 0.717) is 6.42 Å². The number of ketones is 1. The second-order valence-electron chi connectivity index (χ2n) is 3.67. The standard InChI is InChI=1S/C11H15NO/c1-8(2)11(13)5-10-4-9(3)6-12-7-10/h4,6-8H,5H2,1-3H3. The van der Waals surface area contributed by atoms with Crippen molar-refractivity contribution in [3.8, 4) is 0 Å². The highest BCUT2D eigenvalue weighted by molar-refractivity contribution is 5.82. The molecule has 0 radical (unpaired) electrons. The van der Waals surface area contributed by atoms with E-state index in [-0.39, 0.29) is 11.7 Å². The van der Waals surface area contributed by atoms with Crippen molar-refractivity contribution in [2.45, 2.75) is 27.2 Å². The molecule has 0 N–H and O–H groups in total. The fraction of sp³-hybridized carbons (Fsp3) is 0.455. The molecule has 0 atom stereocenters. The van der Waals surface area contributed by atoms with E-state index in [9.17, 15) is 4.79 Å². The van der Waals surface area contributed by atoms with E-state index in [0.717, 1.165) is 11.1 Å². The van der Waals surface area contributed by atoms with Crippen LogP contribution in [0.1, 0.15) is 25.0 Å². The number of Topliss-reactive ketones (excluding diaryl/α,β-unsaturated/α-hetero) is 1. The van der Waals surface area contributed by atoms with Gasteiger partial charge in [-0.3, -0.25) is 9.78 Å². The molecule has 1 heterocycles. The zero-order chi connectivity index (χ0) is 9.84. The first kappa shape index (κ1) is 9.90. The number of nitrogens with zero attached hydrogens (tertiary/aromatic N) is 1. The largest absolute Gasteiger partial charge is 0.299 e. The van der Waals surface area contributed by atoms with Gasteiger partial charge in [-0.15, -0.1) is 0 Å². The second kappa shape index (κ2) is 4.17. The molecule has 1 aromatic rings. The molecule has 0 aromatic carbocycles. The third kappa shape index (κ3) is 2.98. The fourth-order valence-electron chi connectivity index (χ4n) is 1.12. The molecule has 0 aliphatic rings. The molecule has 0 fully saturated rings. The van der Waals surface area contributed by atoms with Gasteiger partial charge in [-0.25, -0.2) is 0 Å². The summed E-state index contributed by atoms with van der Waals surface area (Å²) in [7, 11) is 0. The van der Waals surface area contributed by atoms with Gasteiger partial charge >= 0.3 is 0 Å². The molecule has 2 heteroatoms. The summed E-state index contributed by atoms with van der Waals surface area (Å²) in [6.07, 6.45) is 4.06. The van der Waals surface area contributed by atoms with Gasteiger partial charge in [0.25, 0.3) is 0 Å². The van der Waals surface area contributed by atoms with Crippen LogP contribution in [0.25, 0.3) is 0 Å². The van der Waals surface area contributed by atoms with Crippen LogP contribution in [0.5, 0.6) is 0 Å². The first-order chi connectivity index (χ1) is 6.09. The van der Waals surface area contributed by atoms with Crippen molar-refractivity contribution in [1.82, 2.24) is 4.98 Å². The van der Waals surface area contributed by atoms with E-state index in [1.807, 2.05) is 26.8 Å². The molecule has 0 amide bonds. The lowest BCUT2D eigenvalue weighted by molar-refractivity contribution is -0.121. The molecule has 0 bridgehead atoms. The van der Waals surface area contributed by atoms with Crippen LogP contribution in [0.15, 0.2) is 18.5 Å². The van der Waals surface area contributed by atoms with E-state index < -0.39 is 0 Å². The molecule has 13 heavy (non-hydrogen) atoms. The highest BCUT2D eigenvalue weighted by Crippen LogP contribution is 2.06. The first-order valence-electron chi connectivity index (χ1n) is 4.53. The maximum Gasteiger partial charge on any atom is 0.139 e. The van der Waals surface area contributed by atoms with Gasteiger partial charge in [0.05, 0.1) is 0 Å². The number of hydrogen-bond acceptors (Lipinski definition) is 2. The average Bonchev–Trinajstić information content (AvgIpc) is 2.04. The molecular weight excluding hydrogens is 162 g/mol. The number of hydrogen-bond donors (Lipinski definition) is 0. The molecule has 0 spiro atoms. The van der Waals surface area contributed by atoms with Crippen LogP contribution in [0, 0.1) is 12.8 Å². The van der Waals surface area contributed by atoms with E-state index in [1.165, 1.54) is 0 Å². The highest BCUT2D eigenvalue weighted by Gasteiger charge is 2.07. The second-order valence-corrected chi connectivity index (χ2v) is 3.67. The smallest absolute Gasteiger partial charge is 0.139 e. The van der Waals surface area contributed by atoms with Crippen LogP contribution in [-0.2, 0) is 11.2 Å². The number of pyridine rings is 1. The van der Waals surface area contributed by atoms with Gasteiger partial charge < -0.3 is 0 Å². The number of carbonyl (C=O) groups excluding carboxylic acids is 1. The zero-order valence-corrected chi connectivity index (χ0v) is 8.37. The van der Waals surface area contributed by atoms with Crippen LogP contribution in [0.3, 0.4) is 0 Å². The van der Waals surface area contributed by atoms with Gasteiger partial charge in [0.1, 0.15) is 5.78 Å². The number of aryl methyl sites for hydroxylation is 1. The van der Waals surface area contributed by atoms with Crippen molar-refractivity contribution in [2.75, 3.05) is 0 Å². The highest BCUT2D eigenvalue weighted by atomic mass is 16.1. The number of carbonyl (C=O) groups is 1. The summed E-state index contributed by atoms with van der Waals surface area (Å²) in [4.78, 5) is 15.4. The summed E-state index contributed by atoms with van der Waals surface area (Å²) in [5.74, 6) is 0.382. The molecule has 0 aliphatic carbocycles. The van der Waals surface area contributed by atoms with E-state index in [1.54, 1.807) is 12.4 Å². The Bertz CT molecular complexity index is 305. The minimum atomic E-state index is 0.112. The lowest BCUT2D eigenvalue weighted by atomic mass is 10.0. The Kier molecular flexibility index (Phi) is 3.18. The average molecular weight is 177 g/mol. The number of aromatic nitrogens is 1. The predicted molar refractivity (Wildman–Crippen MR) is 52.5 cm³/mol. The third-order valence-electron chi connectivity index (χ3n) is 1.95. The van der Waals surface area contributed by atoms with Crippen molar-refractivity contribution in [1.29, 1.82) is 0 Å². The SMILES string of the molecule is Cc1cncc(CC(=O)C(C)C)c1. The molecule has 0 saturated heterocycles. The Hall–Kier alpha value is -1.18. The fourth-order valence-corrected chi connectivity index (χ4v) is 1.12. The first-order valence-corrected chi connectivity index (χ1v) is 4.53. The van der Waals surface area contributed by atoms with Crippen LogP contribution >= 0.6 is 0 Å². The summed E-state index contributed by atoms with van der Waals surface area (Å²) in [6, 6.07) is 2.01. The lowest BCUT2D eigenvalue weighted by Gasteiger charge is -2.03. The van der Waals surface area contributed by atoms with Crippen LogP contribution in [0.4, 0.5) is 0 Å². The van der Waals surface area contributed by atoms with Gasteiger partial charge in [0.2, 0.25) is 0 Å². The molecule has 1 rings (SSSR count). The summed E-state index contributed by atoms with van der Waals surface area (Å²) >= 11 is 0. The van der Waals surface area contributed by atoms with Crippen molar-refractivity contribution >= 4 is 5.78 Å². The molecule has 0 aliphatic heterocycles. The minimum absolute atomic E-state index is 0.112. The van der Waals surface area contributed by atoms with Crippen molar-refractivity contribution in [3.63, 3.8) is 0 Å². The lowest BCUT2D eigenvalue weighted by Crippen LogP contribution is -2.10. The summed E-state index contributed by atoms with van der Waals surface area (Å²) < 4.78 is 0. The molecule has 2 nitrogen and oxygen atoms in total. The molecule has 70 valence electrons. The molecule has 0 saturated carbocycles. The van der Waals surface area contributed by atoms with E-state index >= 15 is 0 Å². The maximum absolute atomic E-state index is 11.4. The number of rotatable bonds is 3. The normalized spacial score (nSPS) is 10.5. The van der Waals surface area contributed by atoms with Gasteiger partial charge in [-0.1, -0.05) is 19.9 Å². The summed E-state index contributed by atoms with van der Waals surface area (Å²) in [6.45, 7) is 5.83. The van der Waals surface area contributed by atoms with E-state index in [2.05, 4.69) is 4.98 Å². The van der Waals surface area contributed by atoms with Crippen LogP contribution in [-0.4, -0.2) is 10.8 Å². The minimum Gasteiger partial charge on any atom is -0.299 e. The van der Waals surface area contributed by atoms with Crippen molar-refractivity contribution < 1.29 is 4.79 Å². The van der Waals surface area contributed by atoms with E-state index in [4.69, 9.17) is 0 Å². The Morgan fingerprint density at radius 3 is 2.69 bits per heavy atom. The van der Waals surface area contributed by atoms with Gasteiger partial charge in [0, 0.05) is 24.7 Å². The van der Waals surface area contributed by atoms with Crippen molar-refractivity contribution in [3.05, 3.63) is 29.6 Å². The van der Waals surface area contributed by atoms with Gasteiger partial charge in [-0.05, 0) is 18.1 Å². The quantitative estimate of drug-likeness (QED) is 0.708. The van der Waals surface area contributed by atoms with Gasteiger partial charge in [0.15, 0.2) is 0 Å². The van der Waals surface area contributed by atoms with Gasteiger partial charge in [-0.2, -0.15) is 0 Å². The monoisotopic (exact) mass is 177 g/mol. The third-order valence-corrected chi connectivity index (χ3v) is 1.95. The summed E-state index contributed by atoms with van der Waals surface area (Å²) in [5, 5.41) is 0. The summed E-state index contributed by atoms with van der Waals surface area (Å²) in [5.41, 5.74) is 2.12. The van der Waals surface area contributed by atoms with Crippen LogP contribution < -0.4 is 0 Å². The molecular formula is C11H15NO. The maximum atomic E-state index is 11.4. The molecule has 1 aromatic heterocycles. The van der Waals surface area contributed by atoms with Crippen LogP contribution in [0.2, 0.25) is 0 Å².